The van der Waals surface area contributed by atoms with Crippen LogP contribution < -0.4 is 5.32 Å². The molecule has 0 bridgehead atoms. The Balaban J connectivity index is 1.49. The van der Waals surface area contributed by atoms with E-state index in [9.17, 15) is 4.79 Å². The van der Waals surface area contributed by atoms with Crippen molar-refractivity contribution in [2.75, 3.05) is 11.1 Å². The van der Waals surface area contributed by atoms with Gasteiger partial charge in [0.25, 0.3) is 0 Å². The zero-order valence-electron chi connectivity index (χ0n) is 15.3. The maximum absolute atomic E-state index is 12.1. The van der Waals surface area contributed by atoms with Gasteiger partial charge in [0.05, 0.1) is 11.4 Å². The Labute approximate surface area is 171 Å². The number of anilines is 1. The summed E-state index contributed by atoms with van der Waals surface area (Å²) in [5, 5.41) is 8.17. The van der Waals surface area contributed by atoms with E-state index in [0.717, 1.165) is 44.5 Å². The molecule has 0 fully saturated rings. The fourth-order valence-electron chi connectivity index (χ4n) is 2.50. The number of nitrogens with zero attached hydrogens (tertiary/aromatic N) is 2. The first-order chi connectivity index (χ1) is 12.9. The topological polar surface area (TPSA) is 68.0 Å². The number of nitrogens with one attached hydrogen (secondary N) is 1. The summed E-state index contributed by atoms with van der Waals surface area (Å²) in [4.78, 5) is 17.5. The van der Waals surface area contributed by atoms with Crippen LogP contribution in [0.5, 0.6) is 0 Å². The van der Waals surface area contributed by atoms with Crippen molar-refractivity contribution in [2.24, 2.45) is 0 Å². The average Bonchev–Trinajstić information content (AvgIpc) is 3.19. The number of carbonyl (C=O) groups is 1. The van der Waals surface area contributed by atoms with Crippen LogP contribution in [0, 0.1) is 20.8 Å². The van der Waals surface area contributed by atoms with Gasteiger partial charge in [0.1, 0.15) is 5.76 Å². The molecule has 0 atom stereocenters. The minimum atomic E-state index is -0.0639. The average molecular weight is 422 g/mol. The lowest BCUT2D eigenvalue weighted by molar-refractivity contribution is -0.113. The van der Waals surface area contributed by atoms with Crippen LogP contribution in [-0.2, 0) is 17.0 Å². The Morgan fingerprint density at radius 2 is 2.15 bits per heavy atom. The molecule has 2 aromatic heterocycles. The molecule has 0 unspecified atom stereocenters. The molecule has 0 saturated heterocycles. The number of benzene rings is 1. The van der Waals surface area contributed by atoms with E-state index in [1.54, 1.807) is 6.20 Å². The van der Waals surface area contributed by atoms with Crippen molar-refractivity contribution in [3.8, 4) is 0 Å². The standard InChI is InChI=1S/C19H20ClN3O2S2/c1-11-4-5-14(7-17(11)20)6-15-8-21-19(27-15)22-18(24)10-26-9-16-12(2)23-25-13(16)3/h4-5,7-8H,6,9-10H2,1-3H3,(H,21,22,24). The van der Waals surface area contributed by atoms with Gasteiger partial charge >= 0.3 is 0 Å². The number of aryl methyl sites for hydroxylation is 3. The van der Waals surface area contributed by atoms with Gasteiger partial charge in [-0.15, -0.1) is 23.1 Å². The molecule has 142 valence electrons. The second-order valence-corrected chi connectivity index (χ2v) is 8.74. The van der Waals surface area contributed by atoms with Crippen molar-refractivity contribution < 1.29 is 9.32 Å². The second kappa shape index (κ2) is 8.91. The van der Waals surface area contributed by atoms with Gasteiger partial charge < -0.3 is 9.84 Å². The summed E-state index contributed by atoms with van der Waals surface area (Å²) < 4.78 is 5.13. The van der Waals surface area contributed by atoms with Crippen LogP contribution in [-0.4, -0.2) is 21.8 Å². The highest BCUT2D eigenvalue weighted by Gasteiger charge is 2.11. The summed E-state index contributed by atoms with van der Waals surface area (Å²) in [6, 6.07) is 6.04. The first-order valence-electron chi connectivity index (χ1n) is 8.41. The second-order valence-electron chi connectivity index (χ2n) is 6.24. The maximum atomic E-state index is 12.1. The summed E-state index contributed by atoms with van der Waals surface area (Å²) in [5.41, 5.74) is 4.12. The lowest BCUT2D eigenvalue weighted by atomic mass is 10.1. The van der Waals surface area contributed by atoms with Crippen LogP contribution in [0.1, 0.15) is 33.0 Å². The molecule has 0 radical (unpaired) electrons. The van der Waals surface area contributed by atoms with Crippen molar-refractivity contribution in [1.29, 1.82) is 0 Å². The van der Waals surface area contributed by atoms with E-state index in [2.05, 4.69) is 21.5 Å². The lowest BCUT2D eigenvalue weighted by Crippen LogP contribution is -2.13. The van der Waals surface area contributed by atoms with E-state index < -0.39 is 0 Å². The summed E-state index contributed by atoms with van der Waals surface area (Å²) in [6.45, 7) is 5.77. The van der Waals surface area contributed by atoms with Gasteiger partial charge in [-0.3, -0.25) is 4.79 Å². The Kier molecular flexibility index (Phi) is 6.57. The number of thioether (sulfide) groups is 1. The maximum Gasteiger partial charge on any atom is 0.236 e. The van der Waals surface area contributed by atoms with E-state index in [-0.39, 0.29) is 5.91 Å². The Morgan fingerprint density at radius 1 is 1.33 bits per heavy atom. The Bertz CT molecular complexity index is 933. The van der Waals surface area contributed by atoms with Crippen LogP contribution in [0.25, 0.3) is 0 Å². The number of hydrogen-bond donors (Lipinski definition) is 1. The quantitative estimate of drug-likeness (QED) is 0.569. The first kappa shape index (κ1) is 19.9. The van der Waals surface area contributed by atoms with Crippen molar-refractivity contribution in [3.05, 3.63) is 62.4 Å². The smallest absolute Gasteiger partial charge is 0.236 e. The van der Waals surface area contributed by atoms with E-state index in [0.29, 0.717) is 16.6 Å². The van der Waals surface area contributed by atoms with Crippen LogP contribution >= 0.6 is 34.7 Å². The molecule has 0 saturated carbocycles. The molecule has 5 nitrogen and oxygen atoms in total. The molecule has 8 heteroatoms. The van der Waals surface area contributed by atoms with Crippen molar-refractivity contribution in [3.63, 3.8) is 0 Å². The van der Waals surface area contributed by atoms with Gasteiger partial charge in [-0.2, -0.15) is 0 Å². The Hall–Kier alpha value is -1.83. The molecular weight excluding hydrogens is 402 g/mol. The number of hydrogen-bond acceptors (Lipinski definition) is 6. The molecule has 0 spiro atoms. The highest BCUT2D eigenvalue weighted by atomic mass is 35.5. The number of rotatable bonds is 7. The molecule has 3 aromatic rings. The van der Waals surface area contributed by atoms with Crippen LogP contribution in [0.2, 0.25) is 5.02 Å². The normalized spacial score (nSPS) is 11.0. The number of amides is 1. The minimum absolute atomic E-state index is 0.0639. The third-order valence-electron chi connectivity index (χ3n) is 4.08. The van der Waals surface area contributed by atoms with Gasteiger partial charge in [-0.1, -0.05) is 28.9 Å². The molecule has 1 aromatic carbocycles. The molecular formula is C19H20ClN3O2S2. The summed E-state index contributed by atoms with van der Waals surface area (Å²) in [7, 11) is 0. The van der Waals surface area contributed by atoms with Crippen LogP contribution in [0.15, 0.2) is 28.9 Å². The number of thiazole rings is 1. The van der Waals surface area contributed by atoms with Crippen LogP contribution in [0.3, 0.4) is 0 Å². The minimum Gasteiger partial charge on any atom is -0.361 e. The van der Waals surface area contributed by atoms with Crippen molar-refractivity contribution >= 4 is 45.7 Å². The largest absolute Gasteiger partial charge is 0.361 e. The predicted octanol–water partition coefficient (Wildman–Crippen LogP) is 5.17. The Morgan fingerprint density at radius 3 is 2.85 bits per heavy atom. The molecule has 0 aliphatic rings. The van der Waals surface area contributed by atoms with Crippen molar-refractivity contribution in [1.82, 2.24) is 10.1 Å². The van der Waals surface area contributed by atoms with E-state index in [1.165, 1.54) is 23.1 Å². The summed E-state index contributed by atoms with van der Waals surface area (Å²) in [6.07, 6.45) is 2.54. The van der Waals surface area contributed by atoms with Crippen molar-refractivity contribution in [2.45, 2.75) is 32.9 Å². The van der Waals surface area contributed by atoms with E-state index in [4.69, 9.17) is 16.1 Å². The number of carbonyl (C=O) groups excluding carboxylic acids is 1. The number of halogens is 1. The molecule has 2 heterocycles. The van der Waals surface area contributed by atoms with Gasteiger partial charge in [0.2, 0.25) is 5.91 Å². The van der Waals surface area contributed by atoms with Gasteiger partial charge in [-0.05, 0) is 38.0 Å². The predicted molar refractivity (Wildman–Crippen MR) is 112 cm³/mol. The lowest BCUT2D eigenvalue weighted by Gasteiger charge is -2.03. The van der Waals surface area contributed by atoms with Gasteiger partial charge in [-0.25, -0.2) is 4.98 Å². The fraction of sp³-hybridized carbons (Fsp3) is 0.316. The molecule has 0 aliphatic heterocycles. The molecule has 3 rings (SSSR count). The molecule has 0 aliphatic carbocycles. The van der Waals surface area contributed by atoms with E-state index >= 15 is 0 Å². The summed E-state index contributed by atoms with van der Waals surface area (Å²) >= 11 is 9.19. The first-order valence-corrected chi connectivity index (χ1v) is 10.8. The van der Waals surface area contributed by atoms with E-state index in [1.807, 2.05) is 32.9 Å². The third kappa shape index (κ3) is 5.34. The monoisotopic (exact) mass is 421 g/mol. The zero-order chi connectivity index (χ0) is 19.4. The van der Waals surface area contributed by atoms with Crippen LogP contribution in [0.4, 0.5) is 5.13 Å². The SMILES string of the molecule is Cc1ccc(Cc2cnc(NC(=O)CSCc3c(C)noc3C)s2)cc1Cl. The molecule has 27 heavy (non-hydrogen) atoms. The zero-order valence-corrected chi connectivity index (χ0v) is 17.7. The highest BCUT2D eigenvalue weighted by Crippen LogP contribution is 2.24. The summed E-state index contributed by atoms with van der Waals surface area (Å²) in [5.74, 6) is 1.80. The number of aromatic nitrogens is 2. The third-order valence-corrected chi connectivity index (χ3v) is 6.35. The van der Waals surface area contributed by atoms with Gasteiger partial charge in [0, 0.05) is 33.8 Å². The molecule has 1 N–H and O–H groups in total. The molecule has 1 amide bonds. The highest BCUT2D eigenvalue weighted by molar-refractivity contribution is 7.99. The van der Waals surface area contributed by atoms with Gasteiger partial charge in [0.15, 0.2) is 5.13 Å². The fourth-order valence-corrected chi connectivity index (χ4v) is 4.55.